The Hall–Kier alpha value is -3.34. The number of hydrogen-bond donors (Lipinski definition) is 2. The number of carbonyl (C=O) groups excluding carboxylic acids is 2. The summed E-state index contributed by atoms with van der Waals surface area (Å²) < 4.78 is 12.1. The van der Waals surface area contributed by atoms with E-state index in [9.17, 15) is 9.59 Å². The van der Waals surface area contributed by atoms with E-state index in [0.29, 0.717) is 74.1 Å². The number of anilines is 1. The van der Waals surface area contributed by atoms with Gasteiger partial charge in [0.05, 0.1) is 12.2 Å². The van der Waals surface area contributed by atoms with E-state index in [0.717, 1.165) is 5.56 Å². The topological polar surface area (TPSA) is 125 Å². The lowest BCUT2D eigenvalue weighted by molar-refractivity contribution is 0.0706. The molecule has 0 atom stereocenters. The molecule has 0 aliphatic heterocycles. The molecule has 0 saturated heterocycles. The van der Waals surface area contributed by atoms with Crippen LogP contribution >= 0.6 is 0 Å². The molecule has 0 fully saturated rings. The minimum atomic E-state index is -0.299. The second kappa shape index (κ2) is 12.2. The monoisotopic (exact) mass is 468 g/mol. The number of likely N-dealkylation sites (N-methyl/N-ethyl adjacent to an activating group) is 1. The number of methoxy groups -OCH3 is 2. The first kappa shape index (κ1) is 25.3. The molecule has 3 aromatic rings. The summed E-state index contributed by atoms with van der Waals surface area (Å²) in [5, 5.41) is 2.88. The van der Waals surface area contributed by atoms with Crippen LogP contribution in [0, 0.1) is 0 Å². The largest absolute Gasteiger partial charge is 0.385 e. The highest BCUT2D eigenvalue weighted by molar-refractivity contribution is 6.04. The molecule has 3 rings (SSSR count). The lowest BCUT2D eigenvalue weighted by Crippen LogP contribution is -2.33. The maximum atomic E-state index is 13.0. The third-order valence-electron chi connectivity index (χ3n) is 5.45. The van der Waals surface area contributed by atoms with Gasteiger partial charge in [-0.15, -0.1) is 0 Å². The molecule has 0 aliphatic carbocycles. The first-order valence-corrected chi connectivity index (χ1v) is 11.3. The maximum Gasteiger partial charge on any atom is 0.257 e. The Labute approximate surface area is 199 Å². The van der Waals surface area contributed by atoms with Crippen LogP contribution in [-0.2, 0) is 22.6 Å². The highest BCUT2D eigenvalue weighted by Crippen LogP contribution is 2.21. The quantitative estimate of drug-likeness (QED) is 0.391. The van der Waals surface area contributed by atoms with Crippen molar-refractivity contribution in [3.8, 4) is 0 Å². The van der Waals surface area contributed by atoms with E-state index in [4.69, 9.17) is 15.2 Å². The smallest absolute Gasteiger partial charge is 0.257 e. The van der Waals surface area contributed by atoms with Gasteiger partial charge >= 0.3 is 0 Å². The van der Waals surface area contributed by atoms with Crippen LogP contribution in [0.3, 0.4) is 0 Å². The van der Waals surface area contributed by atoms with E-state index < -0.39 is 0 Å². The highest BCUT2D eigenvalue weighted by Gasteiger charge is 2.19. The van der Waals surface area contributed by atoms with Gasteiger partial charge in [-0.3, -0.25) is 19.5 Å². The number of fused-ring (bicyclic) bond motifs is 1. The zero-order chi connectivity index (χ0) is 24.5. The van der Waals surface area contributed by atoms with E-state index in [-0.39, 0.29) is 11.8 Å². The normalized spacial score (nSPS) is 11.1. The summed E-state index contributed by atoms with van der Waals surface area (Å²) in [5.41, 5.74) is 8.59. The van der Waals surface area contributed by atoms with Crippen LogP contribution in [0.5, 0.6) is 0 Å². The van der Waals surface area contributed by atoms with Crippen LogP contribution in [0.2, 0.25) is 0 Å². The highest BCUT2D eigenvalue weighted by atomic mass is 16.5. The average molecular weight is 469 g/mol. The van der Waals surface area contributed by atoms with Crippen LogP contribution in [0.15, 0.2) is 36.5 Å². The first-order chi connectivity index (χ1) is 16.5. The molecule has 0 aliphatic rings. The van der Waals surface area contributed by atoms with Gasteiger partial charge in [0.15, 0.2) is 5.65 Å². The predicted octanol–water partition coefficient (Wildman–Crippen LogP) is 2.29. The van der Waals surface area contributed by atoms with Gasteiger partial charge in [-0.05, 0) is 37.1 Å². The second-order valence-electron chi connectivity index (χ2n) is 7.74. The van der Waals surface area contributed by atoms with Gasteiger partial charge in [0.2, 0.25) is 5.95 Å². The van der Waals surface area contributed by atoms with Gasteiger partial charge < -0.3 is 20.1 Å². The number of amides is 2. The minimum Gasteiger partial charge on any atom is -0.385 e. The molecule has 2 heterocycles. The van der Waals surface area contributed by atoms with E-state index in [1.54, 1.807) is 49.6 Å². The number of carbonyl (C=O) groups is 2. The van der Waals surface area contributed by atoms with Crippen molar-refractivity contribution < 1.29 is 19.1 Å². The molecule has 2 amide bonds. The van der Waals surface area contributed by atoms with Crippen molar-refractivity contribution in [2.75, 3.05) is 45.8 Å². The summed E-state index contributed by atoms with van der Waals surface area (Å²) in [6.07, 6.45) is 2.25. The number of rotatable bonds is 12. The van der Waals surface area contributed by atoms with E-state index in [1.165, 1.54) is 0 Å². The molecule has 2 aromatic heterocycles. The first-order valence-electron chi connectivity index (χ1n) is 11.3. The van der Waals surface area contributed by atoms with Gasteiger partial charge in [-0.25, -0.2) is 9.97 Å². The summed E-state index contributed by atoms with van der Waals surface area (Å²) >= 11 is 0. The minimum absolute atomic E-state index is 0.146. The Morgan fingerprint density at radius 3 is 2.65 bits per heavy atom. The van der Waals surface area contributed by atoms with E-state index in [1.807, 2.05) is 17.6 Å². The molecule has 3 N–H and O–H groups in total. The summed E-state index contributed by atoms with van der Waals surface area (Å²) in [4.78, 5) is 36.7. The number of nitrogens with two attached hydrogens (primary N) is 1. The number of pyridine rings is 1. The summed E-state index contributed by atoms with van der Waals surface area (Å²) in [6.45, 7) is 4.83. The molecule has 34 heavy (non-hydrogen) atoms. The zero-order valence-corrected chi connectivity index (χ0v) is 19.9. The molecular weight excluding hydrogens is 436 g/mol. The van der Waals surface area contributed by atoms with Crippen molar-refractivity contribution in [2.45, 2.75) is 26.4 Å². The fraction of sp³-hybridized carbons (Fsp3) is 0.417. The van der Waals surface area contributed by atoms with E-state index in [2.05, 4.69) is 15.3 Å². The SMILES string of the molecule is CCN(CCOC)C(=O)c1cnc2c(c1)nc(NC(=O)c1cccc(CN)c1)n2CCCOC. The number of benzene rings is 1. The number of aromatic nitrogens is 3. The predicted molar refractivity (Wildman–Crippen MR) is 130 cm³/mol. The number of ether oxygens (including phenoxy) is 2. The summed E-state index contributed by atoms with van der Waals surface area (Å²) in [6, 6.07) is 8.84. The third-order valence-corrected chi connectivity index (χ3v) is 5.45. The van der Waals surface area contributed by atoms with Gasteiger partial charge in [-0.1, -0.05) is 12.1 Å². The van der Waals surface area contributed by atoms with Crippen LogP contribution in [-0.4, -0.2) is 71.8 Å². The van der Waals surface area contributed by atoms with Crippen molar-refractivity contribution in [2.24, 2.45) is 5.73 Å². The lowest BCUT2D eigenvalue weighted by Gasteiger charge is -2.20. The molecule has 0 spiro atoms. The van der Waals surface area contributed by atoms with Crippen molar-refractivity contribution in [1.29, 1.82) is 0 Å². The van der Waals surface area contributed by atoms with Gasteiger partial charge in [0, 0.05) is 58.8 Å². The Bertz CT molecular complexity index is 1130. The Morgan fingerprint density at radius 1 is 1.15 bits per heavy atom. The molecule has 0 radical (unpaired) electrons. The fourth-order valence-corrected chi connectivity index (χ4v) is 3.60. The number of imidazole rings is 1. The van der Waals surface area contributed by atoms with Crippen molar-refractivity contribution in [3.63, 3.8) is 0 Å². The van der Waals surface area contributed by atoms with Crippen molar-refractivity contribution in [3.05, 3.63) is 53.2 Å². The molecule has 182 valence electrons. The number of nitrogens with one attached hydrogen (secondary N) is 1. The Morgan fingerprint density at radius 2 is 1.94 bits per heavy atom. The molecule has 1 aromatic carbocycles. The molecule has 10 nitrogen and oxygen atoms in total. The maximum absolute atomic E-state index is 13.0. The number of hydrogen-bond acceptors (Lipinski definition) is 7. The van der Waals surface area contributed by atoms with Gasteiger partial charge in [0.1, 0.15) is 5.52 Å². The fourth-order valence-electron chi connectivity index (χ4n) is 3.60. The lowest BCUT2D eigenvalue weighted by atomic mass is 10.1. The van der Waals surface area contributed by atoms with E-state index >= 15 is 0 Å². The number of aryl methyl sites for hydroxylation is 1. The molecule has 0 unspecified atom stereocenters. The van der Waals surface area contributed by atoms with Crippen LogP contribution in [0.25, 0.3) is 11.2 Å². The molecule has 0 bridgehead atoms. The molecule has 10 heteroatoms. The van der Waals surface area contributed by atoms with Crippen molar-refractivity contribution in [1.82, 2.24) is 19.4 Å². The van der Waals surface area contributed by atoms with Crippen molar-refractivity contribution >= 4 is 28.9 Å². The molecular formula is C24H32N6O4. The zero-order valence-electron chi connectivity index (χ0n) is 19.9. The Balaban J connectivity index is 1.93. The second-order valence-corrected chi connectivity index (χ2v) is 7.74. The standard InChI is InChI=1S/C24H32N6O4/c1-4-29(10-12-34-3)23(32)19-14-20-21(26-16-19)30(9-6-11-33-2)24(27-20)28-22(31)18-8-5-7-17(13-18)15-25/h5,7-8,13-14,16H,4,6,9-12,15,25H2,1-3H3,(H,27,28,31). The summed E-state index contributed by atoms with van der Waals surface area (Å²) in [5.74, 6) is -0.0863. The third kappa shape index (κ3) is 5.96. The van der Waals surface area contributed by atoms with Crippen LogP contribution in [0.4, 0.5) is 5.95 Å². The molecule has 0 saturated carbocycles. The van der Waals surface area contributed by atoms with Crippen LogP contribution < -0.4 is 11.1 Å². The average Bonchev–Trinajstić information content (AvgIpc) is 3.20. The summed E-state index contributed by atoms with van der Waals surface area (Å²) in [7, 11) is 3.24. The Kier molecular flexibility index (Phi) is 9.08. The number of nitrogens with zero attached hydrogens (tertiary/aromatic N) is 4. The van der Waals surface area contributed by atoms with Crippen LogP contribution in [0.1, 0.15) is 39.6 Å². The van der Waals surface area contributed by atoms with Gasteiger partial charge in [0.25, 0.3) is 11.8 Å². The van der Waals surface area contributed by atoms with Gasteiger partial charge in [-0.2, -0.15) is 0 Å².